The van der Waals surface area contributed by atoms with Gasteiger partial charge < -0.3 is 19.9 Å². The topological polar surface area (TPSA) is 50.7 Å². The van der Waals surface area contributed by atoms with Gasteiger partial charge in [-0.25, -0.2) is 0 Å². The van der Waals surface area contributed by atoms with Crippen LogP contribution in [0.1, 0.15) is 11.7 Å². The van der Waals surface area contributed by atoms with Gasteiger partial charge in [-0.05, 0) is 18.2 Å². The van der Waals surface area contributed by atoms with Crippen molar-refractivity contribution in [1.82, 2.24) is 0 Å². The van der Waals surface area contributed by atoms with Gasteiger partial charge in [0.25, 0.3) is 0 Å². The van der Waals surface area contributed by atoms with Crippen LogP contribution in [0.25, 0.3) is 0 Å². The molecule has 6 heteroatoms. The number of aliphatic hydroxyl groups excluding tert-OH is 1. The lowest BCUT2D eigenvalue weighted by atomic mass is 10.1. The van der Waals surface area contributed by atoms with Crippen LogP contribution in [0.3, 0.4) is 0 Å². The molecular weight excluding hydrogens is 325 g/mol. The average molecular weight is 342 g/mol. The third-order valence-electron chi connectivity index (χ3n) is 3.22. The molecule has 22 heavy (non-hydrogen) atoms. The lowest BCUT2D eigenvalue weighted by molar-refractivity contribution is -0.166. The second-order valence-corrected chi connectivity index (χ2v) is 5.41. The Labute approximate surface area is 139 Å². The predicted octanol–water partition coefficient (Wildman–Crippen LogP) is 4.39. The van der Waals surface area contributed by atoms with Crippen molar-refractivity contribution >= 4 is 34.6 Å². The lowest BCUT2D eigenvalue weighted by Gasteiger charge is -2.23. The van der Waals surface area contributed by atoms with Gasteiger partial charge in [0.15, 0.2) is 6.29 Å². The van der Waals surface area contributed by atoms with E-state index in [0.29, 0.717) is 27.0 Å². The van der Waals surface area contributed by atoms with Crippen LogP contribution < -0.4 is 5.32 Å². The number of halogens is 2. The standard InChI is InChI=1S/C16H17Cl2NO3/c1-21-16(22-2)15(20)10-6-3-4-9-13(10)19-14-11(17)7-5-8-12(14)18/h3-9,15-16,19-20H,1-2H3. The number of hydrogen-bond donors (Lipinski definition) is 2. The molecule has 0 bridgehead atoms. The molecule has 0 spiro atoms. The van der Waals surface area contributed by atoms with Crippen molar-refractivity contribution in [2.24, 2.45) is 0 Å². The quantitative estimate of drug-likeness (QED) is 0.765. The van der Waals surface area contributed by atoms with E-state index in [1.54, 1.807) is 24.3 Å². The maximum atomic E-state index is 10.4. The Kier molecular flexibility index (Phi) is 6.06. The van der Waals surface area contributed by atoms with Crippen LogP contribution in [0.5, 0.6) is 0 Å². The molecule has 0 saturated carbocycles. The Morgan fingerprint density at radius 3 is 2.14 bits per heavy atom. The summed E-state index contributed by atoms with van der Waals surface area (Å²) in [6, 6.07) is 12.5. The van der Waals surface area contributed by atoms with Crippen molar-refractivity contribution in [1.29, 1.82) is 0 Å². The number of nitrogens with one attached hydrogen (secondary N) is 1. The summed E-state index contributed by atoms with van der Waals surface area (Å²) in [7, 11) is 2.94. The van der Waals surface area contributed by atoms with E-state index in [0.717, 1.165) is 0 Å². The maximum Gasteiger partial charge on any atom is 0.187 e. The van der Waals surface area contributed by atoms with Crippen LogP contribution in [0, 0.1) is 0 Å². The largest absolute Gasteiger partial charge is 0.383 e. The zero-order valence-corrected chi connectivity index (χ0v) is 13.7. The van der Waals surface area contributed by atoms with Crippen molar-refractivity contribution in [3.05, 3.63) is 58.1 Å². The van der Waals surface area contributed by atoms with E-state index in [9.17, 15) is 5.11 Å². The first-order chi connectivity index (χ1) is 10.6. The molecule has 2 aromatic rings. The van der Waals surface area contributed by atoms with E-state index < -0.39 is 12.4 Å². The molecule has 2 rings (SSSR count). The highest BCUT2D eigenvalue weighted by Crippen LogP contribution is 2.35. The highest BCUT2D eigenvalue weighted by molar-refractivity contribution is 6.39. The van der Waals surface area contributed by atoms with Crippen LogP contribution in [0.15, 0.2) is 42.5 Å². The zero-order chi connectivity index (χ0) is 16.1. The molecule has 0 aliphatic carbocycles. The second-order valence-electron chi connectivity index (χ2n) is 4.59. The first kappa shape index (κ1) is 17.1. The SMILES string of the molecule is COC(OC)C(O)c1ccccc1Nc1c(Cl)cccc1Cl. The molecule has 2 aromatic carbocycles. The van der Waals surface area contributed by atoms with Gasteiger partial charge in [0.1, 0.15) is 6.10 Å². The minimum Gasteiger partial charge on any atom is -0.383 e. The van der Waals surface area contributed by atoms with Gasteiger partial charge in [-0.15, -0.1) is 0 Å². The Balaban J connectivity index is 2.37. The molecule has 4 nitrogen and oxygen atoms in total. The molecule has 2 N–H and O–H groups in total. The molecule has 0 heterocycles. The van der Waals surface area contributed by atoms with Crippen LogP contribution in [-0.2, 0) is 9.47 Å². The van der Waals surface area contributed by atoms with Crippen molar-refractivity contribution in [2.45, 2.75) is 12.4 Å². The number of para-hydroxylation sites is 2. The van der Waals surface area contributed by atoms with E-state index in [-0.39, 0.29) is 0 Å². The first-order valence-corrected chi connectivity index (χ1v) is 7.37. The van der Waals surface area contributed by atoms with Gasteiger partial charge in [0.2, 0.25) is 0 Å². The summed E-state index contributed by atoms with van der Waals surface area (Å²) >= 11 is 12.3. The summed E-state index contributed by atoms with van der Waals surface area (Å²) in [4.78, 5) is 0. The molecule has 0 saturated heterocycles. The Bertz CT molecular complexity index is 612. The van der Waals surface area contributed by atoms with Crippen LogP contribution in [0.2, 0.25) is 10.0 Å². The Hall–Kier alpha value is -1.30. The Morgan fingerprint density at radius 1 is 0.955 bits per heavy atom. The zero-order valence-electron chi connectivity index (χ0n) is 12.2. The molecule has 0 radical (unpaired) electrons. The van der Waals surface area contributed by atoms with Crippen molar-refractivity contribution in [3.8, 4) is 0 Å². The van der Waals surface area contributed by atoms with Gasteiger partial charge in [-0.2, -0.15) is 0 Å². The summed E-state index contributed by atoms with van der Waals surface area (Å²) in [6.45, 7) is 0. The molecular formula is C16H17Cl2NO3. The minimum atomic E-state index is -0.958. The predicted molar refractivity (Wildman–Crippen MR) is 89.0 cm³/mol. The highest BCUT2D eigenvalue weighted by Gasteiger charge is 2.23. The number of anilines is 2. The second kappa shape index (κ2) is 7.81. The van der Waals surface area contributed by atoms with Crippen LogP contribution >= 0.6 is 23.2 Å². The van der Waals surface area contributed by atoms with Gasteiger partial charge >= 0.3 is 0 Å². The average Bonchev–Trinajstić information content (AvgIpc) is 2.52. The molecule has 0 aliphatic rings. The monoisotopic (exact) mass is 341 g/mol. The van der Waals surface area contributed by atoms with E-state index >= 15 is 0 Å². The number of rotatable bonds is 6. The smallest absolute Gasteiger partial charge is 0.187 e. The molecule has 0 amide bonds. The molecule has 1 atom stereocenters. The minimum absolute atomic E-state index is 0.492. The molecule has 0 aromatic heterocycles. The third kappa shape index (κ3) is 3.72. The van der Waals surface area contributed by atoms with Crippen molar-refractivity contribution < 1.29 is 14.6 Å². The van der Waals surface area contributed by atoms with Gasteiger partial charge in [-0.1, -0.05) is 47.5 Å². The molecule has 118 valence electrons. The fraction of sp³-hybridized carbons (Fsp3) is 0.250. The number of benzene rings is 2. The summed E-state index contributed by atoms with van der Waals surface area (Å²) < 4.78 is 10.2. The Morgan fingerprint density at radius 2 is 1.55 bits per heavy atom. The molecule has 0 fully saturated rings. The van der Waals surface area contributed by atoms with Gasteiger partial charge in [-0.3, -0.25) is 0 Å². The number of hydrogen-bond acceptors (Lipinski definition) is 4. The fourth-order valence-electron chi connectivity index (χ4n) is 2.12. The normalized spacial score (nSPS) is 12.5. The van der Waals surface area contributed by atoms with Crippen LogP contribution in [0.4, 0.5) is 11.4 Å². The summed E-state index contributed by atoms with van der Waals surface area (Å²) in [6.07, 6.45) is -1.73. The van der Waals surface area contributed by atoms with Gasteiger partial charge in [0, 0.05) is 25.5 Å². The van der Waals surface area contributed by atoms with E-state index in [2.05, 4.69) is 5.32 Å². The number of methoxy groups -OCH3 is 2. The van der Waals surface area contributed by atoms with Crippen molar-refractivity contribution in [3.63, 3.8) is 0 Å². The van der Waals surface area contributed by atoms with E-state index in [4.69, 9.17) is 32.7 Å². The van der Waals surface area contributed by atoms with E-state index in [1.165, 1.54) is 14.2 Å². The van der Waals surface area contributed by atoms with Crippen LogP contribution in [-0.4, -0.2) is 25.6 Å². The summed E-state index contributed by atoms with van der Waals surface area (Å²) in [5.74, 6) is 0. The highest BCUT2D eigenvalue weighted by atomic mass is 35.5. The van der Waals surface area contributed by atoms with Gasteiger partial charge in [0.05, 0.1) is 15.7 Å². The summed E-state index contributed by atoms with van der Waals surface area (Å²) in [5.41, 5.74) is 1.87. The van der Waals surface area contributed by atoms with E-state index in [1.807, 2.05) is 18.2 Å². The molecule has 1 unspecified atom stereocenters. The van der Waals surface area contributed by atoms with Crippen molar-refractivity contribution in [2.75, 3.05) is 19.5 Å². The fourth-order valence-corrected chi connectivity index (χ4v) is 2.61. The number of ether oxygens (including phenoxy) is 2. The summed E-state index contributed by atoms with van der Waals surface area (Å²) in [5, 5.41) is 14.6. The lowest BCUT2D eigenvalue weighted by Crippen LogP contribution is -2.23. The first-order valence-electron chi connectivity index (χ1n) is 6.62. The molecule has 0 aliphatic heterocycles. The maximum absolute atomic E-state index is 10.4. The third-order valence-corrected chi connectivity index (χ3v) is 3.85. The number of aliphatic hydroxyl groups is 1.